The van der Waals surface area contributed by atoms with Gasteiger partial charge in [0.25, 0.3) is 11.6 Å². The number of furan rings is 1. The number of para-hydroxylation sites is 1. The largest absolute Gasteiger partial charge is 0.508 e. The third-order valence-electron chi connectivity index (χ3n) is 22.8. The van der Waals surface area contributed by atoms with Crippen molar-refractivity contribution in [3.8, 4) is 28.2 Å². The molecule has 2 heterocycles. The van der Waals surface area contributed by atoms with Gasteiger partial charge < -0.3 is 122 Å². The number of carbonyl (C=O) groups excluding carboxylic acids is 11. The second-order valence-corrected chi connectivity index (χ2v) is 35.5. The van der Waals surface area contributed by atoms with Crippen molar-refractivity contribution < 1.29 is 102 Å². The molecule has 7 rings (SSSR count). The average Bonchev–Trinajstić information content (AvgIpc) is 0.960. The standard InChI is InChI=1S/C91H127N17O23S2/c1-8-49(4)77(88(122)102-67(91(126)127)34-40-132-7)106-87(121)76(48(2)3)105-86(120)69(47-133-51(6)59-44-60-55-21-9-10-27-71(55)130-74(60)45-70(59)108(128)129)104-83(117)65(25-13-18-37-94)101-89(123)78(50(5)110)107-84(118)66(26-14-19-38-95)100-85(119)68(46-109)103-82(116)64(24-12-17-36-93)99-81(115)63(23-11-16-35-92)98-80(114)62(96)22-15-20-39-97-79(113)52-28-31-56(61(41-52)90(124)125)75-57-32-29-53(111)42-72(57)131-73-43-54(112)30-33-58(73)75/h9-10,21,27-33,41-45,48-51,62-69,76-78,109-111H,8,11-20,22-26,34-40,46-47,92-96H2,1-7H3,(H,97,113)(H,98,114)(H,99,115)(H,100,119)(H,101,123)(H,102,122)(H,103,116)(H,104,117)(H,105,120)(H,106,121)(H,107,118)(H,124,125)(H,126,127)/t49-,50+,51?,62-,63-,64-,65-,66-,67-,68-,69-,76-,77-,78-/m0/s1. The molecule has 1 unspecified atom stereocenters. The summed E-state index contributed by atoms with van der Waals surface area (Å²) in [6, 6.07) is 5.80. The first-order valence-corrected chi connectivity index (χ1v) is 47.1. The van der Waals surface area contributed by atoms with Gasteiger partial charge in [0.05, 0.1) is 35.3 Å². The minimum absolute atomic E-state index is 0.00609. The summed E-state index contributed by atoms with van der Waals surface area (Å²) in [5.74, 6) is -14.1. The SMILES string of the molecule is CC[C@H](C)[C@H](NC(=O)[C@@H](NC(=O)[C@H](CSC(C)c1cc2c(cc1[N+](=O)[O-])oc1ccccc12)NC(=O)[C@H](CCCCN)NC(=O)[C@@H](NC(=O)[C@H](CCCCN)NC(=O)[C@H](CO)NC(=O)[C@H](CCCCN)NC(=O)[C@H](CCCCN)NC(=O)[C@@H](N)CCCCNC(=O)c1ccc(-c2c3ccc(=O)cc-3oc3cc(O)ccc23)c(C(=O)O)c1)[C@@H](C)O)C(C)C)C(=O)N[C@@H](CCSC)C(=O)O. The van der Waals surface area contributed by atoms with Crippen LogP contribution < -0.4 is 92.6 Å². The fourth-order valence-corrected chi connectivity index (χ4v) is 16.5. The highest BCUT2D eigenvalue weighted by molar-refractivity contribution is 7.99. The van der Waals surface area contributed by atoms with Gasteiger partial charge in [-0.2, -0.15) is 23.5 Å². The van der Waals surface area contributed by atoms with Crippen molar-refractivity contribution in [1.29, 1.82) is 0 Å². The highest BCUT2D eigenvalue weighted by atomic mass is 32.2. The number of thioether (sulfide) groups is 2. The van der Waals surface area contributed by atoms with Crippen LogP contribution in [0.3, 0.4) is 0 Å². The summed E-state index contributed by atoms with van der Waals surface area (Å²) in [6.45, 7) is 9.03. The van der Waals surface area contributed by atoms with E-state index in [1.165, 1.54) is 66.4 Å². The summed E-state index contributed by atoms with van der Waals surface area (Å²) in [6.07, 6.45) is 2.93. The van der Waals surface area contributed by atoms with Crippen LogP contribution in [-0.4, -0.2) is 237 Å². The fraction of sp³-hybridized carbons (Fsp3) is 0.516. The topological polar surface area (TPSA) is 672 Å². The van der Waals surface area contributed by atoms with Crippen LogP contribution in [0.25, 0.3) is 55.4 Å². The third kappa shape index (κ3) is 31.4. The van der Waals surface area contributed by atoms with E-state index in [4.69, 9.17) is 37.5 Å². The van der Waals surface area contributed by atoms with Gasteiger partial charge in [0.15, 0.2) is 5.43 Å². The van der Waals surface area contributed by atoms with E-state index in [0.717, 1.165) is 18.7 Å². The molecule has 0 saturated heterocycles. The number of aliphatic hydroxyl groups is 2. The van der Waals surface area contributed by atoms with E-state index in [-0.39, 0.29) is 159 Å². The molecule has 133 heavy (non-hydrogen) atoms. The van der Waals surface area contributed by atoms with Crippen LogP contribution >= 0.6 is 23.5 Å². The number of nitrogens with zero attached hydrogens (tertiary/aromatic N) is 1. The summed E-state index contributed by atoms with van der Waals surface area (Å²) in [7, 11) is 0. The number of rotatable bonds is 58. The summed E-state index contributed by atoms with van der Waals surface area (Å²) in [5, 5.41) is 95.1. The van der Waals surface area contributed by atoms with Crippen LogP contribution in [0, 0.1) is 22.0 Å². The van der Waals surface area contributed by atoms with E-state index in [0.29, 0.717) is 83.6 Å². The normalized spacial score (nSPS) is 14.7. The first-order chi connectivity index (χ1) is 63.4. The maximum Gasteiger partial charge on any atom is 0.336 e. The van der Waals surface area contributed by atoms with Crippen molar-refractivity contribution in [2.24, 2.45) is 40.5 Å². The number of phenols is 1. The Morgan fingerprint density at radius 2 is 0.992 bits per heavy atom. The number of carbonyl (C=O) groups is 13. The van der Waals surface area contributed by atoms with Crippen molar-refractivity contribution in [3.05, 3.63) is 128 Å². The third-order valence-corrected chi connectivity index (χ3v) is 24.7. The second kappa shape index (κ2) is 53.7. The van der Waals surface area contributed by atoms with E-state index < -0.39 is 178 Å². The summed E-state index contributed by atoms with van der Waals surface area (Å²) >= 11 is 2.37. The van der Waals surface area contributed by atoms with Gasteiger partial charge in [-0.1, -0.05) is 58.4 Å². The molecule has 5 aromatic rings. The smallest absolute Gasteiger partial charge is 0.336 e. The minimum atomic E-state index is -1.91. The molecule has 0 bridgehead atoms. The quantitative estimate of drug-likeness (QED) is 0.0112. The Morgan fingerprint density at radius 3 is 1.54 bits per heavy atom. The predicted molar refractivity (Wildman–Crippen MR) is 503 cm³/mol. The zero-order valence-electron chi connectivity index (χ0n) is 75.7. The number of phenolic OH excluding ortho intramolecular Hbond substituents is 1. The Morgan fingerprint density at radius 1 is 0.496 bits per heavy atom. The zero-order valence-corrected chi connectivity index (χ0v) is 77.4. The van der Waals surface area contributed by atoms with Gasteiger partial charge in [0.1, 0.15) is 88.7 Å². The number of benzene rings is 5. The molecule has 26 N–H and O–H groups in total. The van der Waals surface area contributed by atoms with Gasteiger partial charge >= 0.3 is 11.9 Å². The Labute approximate surface area is 777 Å². The molecule has 4 aromatic carbocycles. The van der Waals surface area contributed by atoms with Crippen LogP contribution in [0.2, 0.25) is 0 Å². The number of hydrogen-bond acceptors (Lipinski definition) is 28. The maximum atomic E-state index is 15.1. The average molecular weight is 1890 g/mol. The fourth-order valence-electron chi connectivity index (χ4n) is 14.9. The number of hydrogen-bond donors (Lipinski definition) is 21. The van der Waals surface area contributed by atoms with Gasteiger partial charge in [-0.05, 0) is 221 Å². The lowest BCUT2D eigenvalue weighted by Crippen LogP contribution is -2.63. The van der Waals surface area contributed by atoms with E-state index in [2.05, 4.69) is 58.5 Å². The van der Waals surface area contributed by atoms with Crippen molar-refractivity contribution in [3.63, 3.8) is 0 Å². The molecule has 0 fully saturated rings. The number of aromatic hydroxyl groups is 1. The number of amides is 11. The van der Waals surface area contributed by atoms with Crippen LogP contribution in [0.1, 0.15) is 182 Å². The summed E-state index contributed by atoms with van der Waals surface area (Å²) < 4.78 is 11.9. The molecule has 40 nitrogen and oxygen atoms in total. The molecule has 0 radical (unpaired) electrons. The van der Waals surface area contributed by atoms with Crippen LogP contribution in [0.5, 0.6) is 5.75 Å². The maximum absolute atomic E-state index is 15.1. The monoisotopic (exact) mass is 1890 g/mol. The number of aromatic carboxylic acids is 1. The molecule has 1 aliphatic heterocycles. The van der Waals surface area contributed by atoms with E-state index in [9.17, 15) is 93.2 Å². The molecule has 42 heteroatoms. The Bertz CT molecular complexity index is 5230. The van der Waals surface area contributed by atoms with Gasteiger partial charge in [-0.3, -0.25) is 67.6 Å². The van der Waals surface area contributed by atoms with Crippen molar-refractivity contribution in [2.75, 3.05) is 57.1 Å². The number of nitrogens with one attached hydrogen (secondary N) is 11. The lowest BCUT2D eigenvalue weighted by atomic mass is 9.90. The van der Waals surface area contributed by atoms with E-state index in [1.807, 2.05) is 0 Å². The second-order valence-electron chi connectivity index (χ2n) is 33.2. The molecule has 11 amide bonds. The van der Waals surface area contributed by atoms with E-state index >= 15 is 9.59 Å². The molecule has 726 valence electrons. The first kappa shape index (κ1) is 108. The summed E-state index contributed by atoms with van der Waals surface area (Å²) in [4.78, 5) is 208. The number of carboxylic acids is 2. The van der Waals surface area contributed by atoms with E-state index in [1.54, 1.807) is 77.3 Å². The van der Waals surface area contributed by atoms with Crippen LogP contribution in [-0.2, 0) is 52.7 Å². The lowest BCUT2D eigenvalue weighted by molar-refractivity contribution is -0.385. The first-order valence-electron chi connectivity index (χ1n) is 44.6. The molecule has 14 atom stereocenters. The molecule has 0 spiro atoms. The van der Waals surface area contributed by atoms with Crippen molar-refractivity contribution >= 4 is 139 Å². The molecule has 0 saturated carbocycles. The summed E-state index contributed by atoms with van der Waals surface area (Å²) in [5.41, 5.74) is 30.9. The van der Waals surface area contributed by atoms with Gasteiger partial charge in [-0.15, -0.1) is 0 Å². The number of nitro groups is 1. The lowest BCUT2D eigenvalue weighted by Gasteiger charge is -2.30. The van der Waals surface area contributed by atoms with Gasteiger partial charge in [-0.25, -0.2) is 9.59 Å². The molecule has 1 aromatic heterocycles. The van der Waals surface area contributed by atoms with Crippen molar-refractivity contribution in [2.45, 2.75) is 229 Å². The number of nitro benzene ring substituents is 1. The molecular weight excluding hydrogens is 1760 g/mol. The van der Waals surface area contributed by atoms with Gasteiger partial charge in [0, 0.05) is 68.1 Å². The van der Waals surface area contributed by atoms with Crippen LogP contribution in [0.4, 0.5) is 5.69 Å². The molecule has 2 aliphatic rings. The number of nitrogens with two attached hydrogens (primary N) is 5. The zero-order chi connectivity index (χ0) is 97.9. The number of unbranched alkanes of at least 4 members (excludes halogenated alkanes) is 5. The Kier molecular flexibility index (Phi) is 43.7. The Balaban J connectivity index is 1.03. The number of fused-ring (bicyclic) bond motifs is 5. The molecular formula is C91H127N17O23S2. The highest BCUT2D eigenvalue weighted by Gasteiger charge is 2.40. The van der Waals surface area contributed by atoms with Crippen LogP contribution in [0.15, 0.2) is 105 Å². The van der Waals surface area contributed by atoms with Gasteiger partial charge in [0.2, 0.25) is 59.1 Å². The number of aliphatic hydroxyl groups excluding tert-OH is 2. The molecule has 1 aliphatic carbocycles. The minimum Gasteiger partial charge on any atom is -0.508 e. The number of aliphatic carboxylic acids is 1. The highest BCUT2D eigenvalue weighted by Crippen LogP contribution is 2.44. The predicted octanol–water partition coefficient (Wildman–Crippen LogP) is 3.77. The van der Waals surface area contributed by atoms with Crippen molar-refractivity contribution in [1.82, 2.24) is 58.5 Å². The Hall–Kier alpha value is -11.9. The number of carboxylic acid groups (broad SMARTS) is 2.